The minimum Gasteiger partial charge on any atom is -0.313 e. The van der Waals surface area contributed by atoms with Gasteiger partial charge >= 0.3 is 0 Å². The first kappa shape index (κ1) is 5.94. The number of aromatic nitrogens is 2. The van der Waals surface area contributed by atoms with Crippen LogP contribution in [-0.2, 0) is 6.42 Å². The molecule has 2 aliphatic rings. The second kappa shape index (κ2) is 1.75. The second-order valence-corrected chi connectivity index (χ2v) is 3.04. The summed E-state index contributed by atoms with van der Waals surface area (Å²) in [7, 11) is 0. The lowest BCUT2D eigenvalue weighted by Gasteiger charge is -2.04. The van der Waals surface area contributed by atoms with Crippen LogP contribution in [0.1, 0.15) is 11.3 Å². The minimum absolute atomic E-state index is 0.0110. The summed E-state index contributed by atoms with van der Waals surface area (Å²) in [6.45, 7) is 0. The van der Waals surface area contributed by atoms with E-state index in [0.29, 0.717) is 0 Å². The second-order valence-electron chi connectivity index (χ2n) is 3.04. The molecule has 1 aromatic rings. The summed E-state index contributed by atoms with van der Waals surface area (Å²) >= 11 is 0. The van der Waals surface area contributed by atoms with Crippen molar-refractivity contribution in [2.24, 2.45) is 0 Å². The number of hydrogen-bond acceptors (Lipinski definition) is 2. The Kier molecular flexibility index (Phi) is 0.864. The summed E-state index contributed by atoms with van der Waals surface area (Å²) in [4.78, 5) is 17.9. The topological polar surface area (TPSA) is 45.8 Å². The van der Waals surface area contributed by atoms with Gasteiger partial charge in [-0.15, -0.1) is 0 Å². The van der Waals surface area contributed by atoms with Crippen LogP contribution in [0.25, 0.3) is 6.08 Å². The van der Waals surface area contributed by atoms with E-state index in [1.807, 2.05) is 6.08 Å². The van der Waals surface area contributed by atoms with Gasteiger partial charge in [0, 0.05) is 12.0 Å². The van der Waals surface area contributed by atoms with Crippen molar-refractivity contribution in [1.82, 2.24) is 9.97 Å². The lowest BCUT2D eigenvalue weighted by Crippen LogP contribution is -2.16. The Labute approximate surface area is 68.5 Å². The molecule has 0 aromatic carbocycles. The number of fused-ring (bicyclic) bond motifs is 2. The lowest BCUT2D eigenvalue weighted by molar-refractivity contribution is 1.01. The molecule has 58 valence electrons. The summed E-state index contributed by atoms with van der Waals surface area (Å²) in [5.74, 6) is 0. The number of hydrogen-bond donors (Lipinski definition) is 1. The standard InChI is InChI=1S/C9H6N2O/c12-9-7-2-5-1-6(5)3-8(7)10-4-11-9/h1,3-4H,2H2,(H,10,11,12). The van der Waals surface area contributed by atoms with Crippen molar-refractivity contribution >= 4 is 6.08 Å². The molecule has 1 N–H and O–H groups in total. The third-order valence-electron chi connectivity index (χ3n) is 2.26. The fourth-order valence-corrected chi connectivity index (χ4v) is 1.51. The van der Waals surface area contributed by atoms with Crippen molar-refractivity contribution in [3.8, 4) is 0 Å². The molecule has 3 heteroatoms. The SMILES string of the molecule is O=c1[nH]cnc2c1CC1=CC1=C2. The Hall–Kier alpha value is -1.64. The Bertz CT molecular complexity index is 480. The third-order valence-corrected chi connectivity index (χ3v) is 2.26. The van der Waals surface area contributed by atoms with Crippen LogP contribution in [0.5, 0.6) is 0 Å². The maximum atomic E-state index is 11.3. The van der Waals surface area contributed by atoms with Crippen molar-refractivity contribution < 1.29 is 0 Å². The first-order valence-electron chi connectivity index (χ1n) is 3.84. The average molecular weight is 158 g/mol. The molecule has 0 spiro atoms. The molecule has 12 heavy (non-hydrogen) atoms. The van der Waals surface area contributed by atoms with Gasteiger partial charge in [0.25, 0.3) is 5.56 Å². The fourth-order valence-electron chi connectivity index (χ4n) is 1.51. The molecule has 0 radical (unpaired) electrons. The first-order chi connectivity index (χ1) is 5.84. The third kappa shape index (κ3) is 0.652. The number of aromatic amines is 1. The lowest BCUT2D eigenvalue weighted by atomic mass is 10.0. The maximum Gasteiger partial charge on any atom is 0.254 e. The highest BCUT2D eigenvalue weighted by Gasteiger charge is 2.24. The molecule has 1 heterocycles. The van der Waals surface area contributed by atoms with Crippen LogP contribution >= 0.6 is 0 Å². The summed E-state index contributed by atoms with van der Waals surface area (Å²) in [6.07, 6.45) is 6.25. The fraction of sp³-hybridized carbons (Fsp3) is 0.111. The quantitative estimate of drug-likeness (QED) is 0.602. The van der Waals surface area contributed by atoms with Crippen LogP contribution < -0.4 is 5.56 Å². The van der Waals surface area contributed by atoms with Crippen LogP contribution in [-0.4, -0.2) is 9.97 Å². The van der Waals surface area contributed by atoms with Gasteiger partial charge in [-0.2, -0.15) is 0 Å². The van der Waals surface area contributed by atoms with Gasteiger partial charge in [0.05, 0.1) is 12.0 Å². The number of H-pyrrole nitrogens is 1. The van der Waals surface area contributed by atoms with Gasteiger partial charge in [-0.3, -0.25) is 4.79 Å². The number of rotatable bonds is 0. The normalized spacial score (nSPS) is 17.3. The molecule has 2 aliphatic carbocycles. The number of allylic oxidation sites excluding steroid dienone is 3. The van der Waals surface area contributed by atoms with Gasteiger partial charge in [0.2, 0.25) is 0 Å². The van der Waals surface area contributed by atoms with Crippen LogP contribution in [0.15, 0.2) is 28.3 Å². The molecule has 0 fully saturated rings. The van der Waals surface area contributed by atoms with Crippen molar-refractivity contribution in [2.45, 2.75) is 6.42 Å². The van der Waals surface area contributed by atoms with Gasteiger partial charge < -0.3 is 4.98 Å². The molecule has 0 saturated carbocycles. The van der Waals surface area contributed by atoms with E-state index in [0.717, 1.165) is 17.7 Å². The summed E-state index contributed by atoms with van der Waals surface area (Å²) in [6, 6.07) is 0. The maximum absolute atomic E-state index is 11.3. The highest BCUT2D eigenvalue weighted by Crippen LogP contribution is 2.36. The van der Waals surface area contributed by atoms with Gasteiger partial charge in [-0.1, -0.05) is 6.08 Å². The van der Waals surface area contributed by atoms with Crippen molar-refractivity contribution in [3.63, 3.8) is 0 Å². The molecule has 0 atom stereocenters. The van der Waals surface area contributed by atoms with E-state index >= 15 is 0 Å². The number of nitrogens with one attached hydrogen (secondary N) is 1. The predicted molar refractivity (Wildman–Crippen MR) is 44.6 cm³/mol. The van der Waals surface area contributed by atoms with E-state index in [4.69, 9.17) is 0 Å². The Morgan fingerprint density at radius 3 is 3.25 bits per heavy atom. The van der Waals surface area contributed by atoms with Gasteiger partial charge in [0.15, 0.2) is 0 Å². The zero-order valence-corrected chi connectivity index (χ0v) is 6.29. The van der Waals surface area contributed by atoms with E-state index in [-0.39, 0.29) is 5.56 Å². The zero-order chi connectivity index (χ0) is 8.13. The first-order valence-corrected chi connectivity index (χ1v) is 3.84. The Morgan fingerprint density at radius 2 is 2.33 bits per heavy atom. The predicted octanol–water partition coefficient (Wildman–Crippen LogP) is 0.649. The van der Waals surface area contributed by atoms with Gasteiger partial charge in [-0.05, 0) is 17.2 Å². The summed E-state index contributed by atoms with van der Waals surface area (Å²) in [5, 5.41) is 0. The molecule has 3 nitrogen and oxygen atoms in total. The van der Waals surface area contributed by atoms with Gasteiger partial charge in [-0.25, -0.2) is 4.98 Å². The molecule has 0 unspecified atom stereocenters. The molecule has 3 rings (SSSR count). The van der Waals surface area contributed by atoms with Crippen molar-refractivity contribution in [3.05, 3.63) is 45.2 Å². The van der Waals surface area contributed by atoms with E-state index < -0.39 is 0 Å². The monoisotopic (exact) mass is 158 g/mol. The molecule has 0 saturated heterocycles. The van der Waals surface area contributed by atoms with E-state index in [1.165, 1.54) is 17.5 Å². The van der Waals surface area contributed by atoms with Crippen molar-refractivity contribution in [2.75, 3.05) is 0 Å². The van der Waals surface area contributed by atoms with Crippen LogP contribution in [0.3, 0.4) is 0 Å². The van der Waals surface area contributed by atoms with E-state index in [2.05, 4.69) is 16.0 Å². The summed E-state index contributed by atoms with van der Waals surface area (Å²) in [5.41, 5.74) is 4.14. The van der Waals surface area contributed by atoms with Gasteiger partial charge in [0.1, 0.15) is 0 Å². The highest BCUT2D eigenvalue weighted by atomic mass is 16.1. The molecule has 0 aliphatic heterocycles. The molecule has 0 amide bonds. The smallest absolute Gasteiger partial charge is 0.254 e. The minimum atomic E-state index is -0.0110. The summed E-state index contributed by atoms with van der Waals surface area (Å²) < 4.78 is 0. The largest absolute Gasteiger partial charge is 0.313 e. The Balaban J connectivity index is 2.34. The molecular weight excluding hydrogens is 152 g/mol. The zero-order valence-electron chi connectivity index (χ0n) is 6.29. The molecule has 1 aromatic heterocycles. The number of nitrogens with zero attached hydrogens (tertiary/aromatic N) is 1. The van der Waals surface area contributed by atoms with Crippen molar-refractivity contribution in [1.29, 1.82) is 0 Å². The van der Waals surface area contributed by atoms with Crippen LogP contribution in [0.2, 0.25) is 0 Å². The van der Waals surface area contributed by atoms with E-state index in [9.17, 15) is 4.79 Å². The molecular formula is C9H6N2O. The van der Waals surface area contributed by atoms with E-state index in [1.54, 1.807) is 0 Å². The molecule has 0 bridgehead atoms. The Morgan fingerprint density at radius 1 is 1.42 bits per heavy atom. The van der Waals surface area contributed by atoms with Crippen LogP contribution in [0.4, 0.5) is 0 Å². The average Bonchev–Trinajstić information content (AvgIpc) is 2.79. The highest BCUT2D eigenvalue weighted by molar-refractivity contribution is 5.76. The van der Waals surface area contributed by atoms with Crippen LogP contribution in [0, 0.1) is 0 Å².